The minimum atomic E-state index is -0.197. The van der Waals surface area contributed by atoms with Gasteiger partial charge >= 0.3 is 0 Å². The Labute approximate surface area is 128 Å². The molecule has 2 aromatic heterocycles. The Hall–Kier alpha value is -2.15. The van der Waals surface area contributed by atoms with Crippen molar-refractivity contribution in [2.24, 2.45) is 0 Å². The fourth-order valence-electron chi connectivity index (χ4n) is 1.74. The van der Waals surface area contributed by atoms with Crippen LogP contribution in [0, 0.1) is 6.92 Å². The number of thiazole rings is 1. The first-order valence-electron chi connectivity index (χ1n) is 6.68. The quantitative estimate of drug-likeness (QED) is 0.880. The Balaban J connectivity index is 2.07. The van der Waals surface area contributed by atoms with E-state index in [1.807, 2.05) is 31.9 Å². The zero-order valence-electron chi connectivity index (χ0n) is 12.4. The third-order valence-electron chi connectivity index (χ3n) is 3.23. The summed E-state index contributed by atoms with van der Waals surface area (Å²) in [4.78, 5) is 22.9. The van der Waals surface area contributed by atoms with Crippen molar-refractivity contribution < 1.29 is 4.79 Å². The number of aryl methyl sites for hydroxylation is 1. The van der Waals surface area contributed by atoms with E-state index in [0.717, 1.165) is 22.8 Å². The van der Waals surface area contributed by atoms with Crippen LogP contribution >= 0.6 is 11.3 Å². The summed E-state index contributed by atoms with van der Waals surface area (Å²) in [5.74, 6) is 0.0798. The van der Waals surface area contributed by atoms with Crippen molar-refractivity contribution in [3.05, 3.63) is 34.5 Å². The molecule has 0 aromatic carbocycles. The van der Waals surface area contributed by atoms with E-state index in [0.29, 0.717) is 11.4 Å². The number of nitrogens with one attached hydrogen (secondary N) is 1. The van der Waals surface area contributed by atoms with Gasteiger partial charge in [-0.1, -0.05) is 11.3 Å². The van der Waals surface area contributed by atoms with Crippen LogP contribution in [0.25, 0.3) is 0 Å². The number of carbonyl (C=O) groups is 1. The predicted octanol–water partition coefficient (Wildman–Crippen LogP) is 1.81. The van der Waals surface area contributed by atoms with Crippen molar-refractivity contribution in [2.45, 2.75) is 20.4 Å². The monoisotopic (exact) mass is 305 g/mol. The van der Waals surface area contributed by atoms with Crippen LogP contribution < -0.4 is 16.0 Å². The molecule has 0 unspecified atom stereocenters. The molecule has 2 rings (SSSR count). The van der Waals surface area contributed by atoms with Crippen molar-refractivity contribution in [3.8, 4) is 0 Å². The number of hydrogen-bond acceptors (Lipinski definition) is 6. The highest BCUT2D eigenvalue weighted by molar-refractivity contribution is 7.18. The lowest BCUT2D eigenvalue weighted by molar-refractivity contribution is 0.0955. The summed E-state index contributed by atoms with van der Waals surface area (Å²) in [7, 11) is 1.92. The van der Waals surface area contributed by atoms with E-state index in [2.05, 4.69) is 15.3 Å². The van der Waals surface area contributed by atoms with E-state index >= 15 is 0 Å². The third-order valence-corrected chi connectivity index (χ3v) is 4.41. The van der Waals surface area contributed by atoms with E-state index in [1.165, 1.54) is 11.3 Å². The molecule has 6 nitrogen and oxygen atoms in total. The van der Waals surface area contributed by atoms with Gasteiger partial charge in [0.05, 0.1) is 0 Å². The van der Waals surface area contributed by atoms with Crippen LogP contribution in [-0.2, 0) is 6.54 Å². The number of nitrogens with zero attached hydrogens (tertiary/aromatic N) is 3. The molecule has 0 bridgehead atoms. The van der Waals surface area contributed by atoms with Gasteiger partial charge in [0.25, 0.3) is 5.91 Å². The average molecular weight is 305 g/mol. The standard InChI is InChI=1S/C14H19N5OS/c1-4-19(3)14-18-12(15)11(21-14)13(20)17-8-10-5-6-16-7-9(10)2/h5-7H,4,8,15H2,1-3H3,(H,17,20). The van der Waals surface area contributed by atoms with E-state index in [-0.39, 0.29) is 11.7 Å². The van der Waals surface area contributed by atoms with Gasteiger partial charge in [-0.25, -0.2) is 4.98 Å². The SMILES string of the molecule is CCN(C)c1nc(N)c(C(=O)NCc2ccncc2C)s1. The molecule has 0 spiro atoms. The zero-order valence-corrected chi connectivity index (χ0v) is 13.2. The maximum atomic E-state index is 12.2. The van der Waals surface area contributed by atoms with E-state index in [4.69, 9.17) is 5.73 Å². The minimum absolute atomic E-state index is 0.197. The second-order valence-electron chi connectivity index (χ2n) is 4.71. The van der Waals surface area contributed by atoms with Gasteiger partial charge in [-0.3, -0.25) is 9.78 Å². The summed E-state index contributed by atoms with van der Waals surface area (Å²) in [5.41, 5.74) is 7.91. The number of hydrogen-bond donors (Lipinski definition) is 2. The molecule has 2 heterocycles. The fraction of sp³-hybridized carbons (Fsp3) is 0.357. The van der Waals surface area contributed by atoms with Crippen LogP contribution in [0.3, 0.4) is 0 Å². The first-order chi connectivity index (χ1) is 10.0. The van der Waals surface area contributed by atoms with Crippen molar-refractivity contribution in [1.29, 1.82) is 0 Å². The first-order valence-corrected chi connectivity index (χ1v) is 7.49. The molecule has 112 valence electrons. The van der Waals surface area contributed by atoms with Crippen LogP contribution in [0.2, 0.25) is 0 Å². The molecule has 0 aliphatic rings. The number of carbonyl (C=O) groups excluding carboxylic acids is 1. The minimum Gasteiger partial charge on any atom is -0.382 e. The molecule has 0 aliphatic heterocycles. The fourth-order valence-corrected chi connectivity index (χ4v) is 2.66. The second-order valence-corrected chi connectivity index (χ2v) is 5.69. The summed E-state index contributed by atoms with van der Waals surface area (Å²) in [6.07, 6.45) is 3.49. The normalized spacial score (nSPS) is 10.4. The third kappa shape index (κ3) is 3.49. The zero-order chi connectivity index (χ0) is 15.4. The molecule has 0 saturated carbocycles. The van der Waals surface area contributed by atoms with E-state index in [9.17, 15) is 4.79 Å². The largest absolute Gasteiger partial charge is 0.382 e. The number of anilines is 2. The van der Waals surface area contributed by atoms with Crippen molar-refractivity contribution in [3.63, 3.8) is 0 Å². The van der Waals surface area contributed by atoms with Crippen LogP contribution in [0.15, 0.2) is 18.5 Å². The summed E-state index contributed by atoms with van der Waals surface area (Å²) in [5, 5.41) is 3.62. The van der Waals surface area contributed by atoms with E-state index in [1.54, 1.807) is 12.4 Å². The Kier molecular flexibility index (Phi) is 4.74. The van der Waals surface area contributed by atoms with Gasteiger partial charge in [-0.15, -0.1) is 0 Å². The molecule has 0 saturated heterocycles. The van der Waals surface area contributed by atoms with Crippen LogP contribution in [0.4, 0.5) is 10.9 Å². The van der Waals surface area contributed by atoms with Gasteiger partial charge in [0.2, 0.25) is 0 Å². The summed E-state index contributed by atoms with van der Waals surface area (Å²) in [6, 6.07) is 1.89. The van der Waals surface area contributed by atoms with Crippen LogP contribution in [0.1, 0.15) is 27.7 Å². The predicted molar refractivity (Wildman–Crippen MR) is 85.6 cm³/mol. The molecular weight excluding hydrogens is 286 g/mol. The lowest BCUT2D eigenvalue weighted by Crippen LogP contribution is -2.23. The first kappa shape index (κ1) is 15.2. The molecule has 2 aromatic rings. The number of aromatic nitrogens is 2. The maximum Gasteiger partial charge on any atom is 0.265 e. The summed E-state index contributed by atoms with van der Waals surface area (Å²) >= 11 is 1.31. The van der Waals surface area contributed by atoms with Gasteiger partial charge in [0, 0.05) is 32.5 Å². The Bertz CT molecular complexity index is 640. The van der Waals surface area contributed by atoms with Crippen molar-refractivity contribution in [1.82, 2.24) is 15.3 Å². The molecule has 7 heteroatoms. The van der Waals surface area contributed by atoms with Crippen molar-refractivity contribution in [2.75, 3.05) is 24.2 Å². The van der Waals surface area contributed by atoms with Crippen LogP contribution in [0.5, 0.6) is 0 Å². The van der Waals surface area contributed by atoms with Crippen molar-refractivity contribution >= 4 is 28.2 Å². The highest BCUT2D eigenvalue weighted by Gasteiger charge is 2.17. The molecule has 0 radical (unpaired) electrons. The van der Waals surface area contributed by atoms with Gasteiger partial charge in [0.15, 0.2) is 5.13 Å². The number of nitrogen functional groups attached to an aromatic ring is 1. The lowest BCUT2D eigenvalue weighted by Gasteiger charge is -2.10. The molecule has 21 heavy (non-hydrogen) atoms. The number of pyridine rings is 1. The highest BCUT2D eigenvalue weighted by Crippen LogP contribution is 2.27. The molecule has 0 atom stereocenters. The number of nitrogens with two attached hydrogens (primary N) is 1. The second kappa shape index (κ2) is 6.53. The van der Waals surface area contributed by atoms with Gasteiger partial charge in [0.1, 0.15) is 10.7 Å². The van der Waals surface area contributed by atoms with Crippen LogP contribution in [-0.4, -0.2) is 29.5 Å². The molecular formula is C14H19N5OS. The summed E-state index contributed by atoms with van der Waals surface area (Å²) < 4.78 is 0. The molecule has 0 fully saturated rings. The van der Waals surface area contributed by atoms with Gasteiger partial charge < -0.3 is 16.0 Å². The van der Waals surface area contributed by atoms with Gasteiger partial charge in [-0.2, -0.15) is 0 Å². The average Bonchev–Trinajstić information content (AvgIpc) is 2.87. The Morgan fingerprint density at radius 3 is 2.95 bits per heavy atom. The topological polar surface area (TPSA) is 84.1 Å². The molecule has 1 amide bonds. The Morgan fingerprint density at radius 1 is 1.52 bits per heavy atom. The summed E-state index contributed by atoms with van der Waals surface area (Å²) in [6.45, 7) is 5.24. The number of amides is 1. The highest BCUT2D eigenvalue weighted by atomic mass is 32.1. The molecule has 3 N–H and O–H groups in total. The Morgan fingerprint density at radius 2 is 2.29 bits per heavy atom. The lowest BCUT2D eigenvalue weighted by atomic mass is 10.1. The maximum absolute atomic E-state index is 12.2. The van der Waals surface area contributed by atoms with Gasteiger partial charge in [-0.05, 0) is 31.0 Å². The smallest absolute Gasteiger partial charge is 0.265 e. The van der Waals surface area contributed by atoms with E-state index < -0.39 is 0 Å². The number of rotatable bonds is 5. The molecule has 0 aliphatic carbocycles.